The number of primary amides is 1. The summed E-state index contributed by atoms with van der Waals surface area (Å²) in [6, 6.07) is 5.50. The van der Waals surface area contributed by atoms with Gasteiger partial charge in [0.05, 0.1) is 22.2 Å². The maximum Gasteiger partial charge on any atom is 0.225 e. The minimum absolute atomic E-state index is 0.272. The molecule has 2 atom stereocenters. The van der Waals surface area contributed by atoms with Crippen LogP contribution in [0.25, 0.3) is 0 Å². The lowest BCUT2D eigenvalue weighted by Gasteiger charge is -2.23. The van der Waals surface area contributed by atoms with Crippen molar-refractivity contribution in [1.29, 1.82) is 0 Å². The number of hydrogen-bond acceptors (Lipinski definition) is 3. The lowest BCUT2D eigenvalue weighted by Crippen LogP contribution is -2.37. The van der Waals surface area contributed by atoms with Gasteiger partial charge in [-0.15, -0.1) is 0 Å². The molecule has 104 valence electrons. The van der Waals surface area contributed by atoms with Crippen LogP contribution >= 0.6 is 11.6 Å². The molecular weight excluding hydrogens is 264 g/mol. The lowest BCUT2D eigenvalue weighted by atomic mass is 9.89. The highest BCUT2D eigenvalue weighted by atomic mass is 35.5. The van der Waals surface area contributed by atoms with E-state index >= 15 is 0 Å². The van der Waals surface area contributed by atoms with Crippen LogP contribution in [-0.4, -0.2) is 24.1 Å². The van der Waals surface area contributed by atoms with Crippen molar-refractivity contribution in [2.24, 2.45) is 11.1 Å². The highest BCUT2D eigenvalue weighted by Gasteiger charge is 2.39. The molecule has 0 bridgehead atoms. The predicted octanol–water partition coefficient (Wildman–Crippen LogP) is 2.09. The Bertz CT molecular complexity index is 504. The molecule has 0 radical (unpaired) electrons. The largest absolute Gasteiger partial charge is 0.389 e. The van der Waals surface area contributed by atoms with Crippen LogP contribution in [0.4, 0.5) is 5.69 Å². The fraction of sp³-hybridized carbons (Fsp3) is 0.500. The second-order valence-electron chi connectivity index (χ2n) is 5.48. The molecule has 1 aliphatic heterocycles. The topological polar surface area (TPSA) is 66.6 Å². The average Bonchev–Trinajstić information content (AvgIpc) is 2.73. The number of nitrogens with two attached hydrogens (primary N) is 1. The molecule has 0 saturated carbocycles. The molecule has 4 nitrogen and oxygen atoms in total. The fourth-order valence-electron chi connectivity index (χ4n) is 2.41. The second kappa shape index (κ2) is 5.02. The van der Waals surface area contributed by atoms with Crippen molar-refractivity contribution in [3.63, 3.8) is 0 Å². The van der Waals surface area contributed by atoms with Gasteiger partial charge in [-0.05, 0) is 38.0 Å². The van der Waals surface area contributed by atoms with Gasteiger partial charge >= 0.3 is 0 Å². The molecule has 1 aromatic rings. The summed E-state index contributed by atoms with van der Waals surface area (Å²) in [6.07, 6.45) is 0.192. The number of anilines is 1. The monoisotopic (exact) mass is 282 g/mol. The van der Waals surface area contributed by atoms with Gasteiger partial charge in [-0.1, -0.05) is 17.7 Å². The molecule has 1 amide bonds. The Labute approximate surface area is 118 Å². The third-order valence-electron chi connectivity index (χ3n) is 3.86. The average molecular weight is 283 g/mol. The standard InChI is InChI=1S/C14H19ClN2O2/c1-9(18)10-3-4-12(11(15)7-10)17-6-5-14(2,8-17)13(16)19/h3-4,7,9,18H,5-6,8H2,1-2H3,(H2,16,19)/t9-,14?/m1/s1. The summed E-state index contributed by atoms with van der Waals surface area (Å²) in [5.41, 5.74) is 6.62. The summed E-state index contributed by atoms with van der Waals surface area (Å²) in [6.45, 7) is 4.92. The molecule has 1 unspecified atom stereocenters. The van der Waals surface area contributed by atoms with Gasteiger partial charge in [0.15, 0.2) is 0 Å². The zero-order chi connectivity index (χ0) is 14.2. The summed E-state index contributed by atoms with van der Waals surface area (Å²) in [7, 11) is 0. The van der Waals surface area contributed by atoms with E-state index in [1.54, 1.807) is 13.0 Å². The smallest absolute Gasteiger partial charge is 0.225 e. The first-order valence-electron chi connectivity index (χ1n) is 6.36. The number of nitrogens with zero attached hydrogens (tertiary/aromatic N) is 1. The number of hydrogen-bond donors (Lipinski definition) is 2. The van der Waals surface area contributed by atoms with Gasteiger partial charge in [0.25, 0.3) is 0 Å². The van der Waals surface area contributed by atoms with Crippen molar-refractivity contribution in [3.05, 3.63) is 28.8 Å². The molecule has 0 spiro atoms. The van der Waals surface area contributed by atoms with E-state index in [0.717, 1.165) is 24.2 Å². The lowest BCUT2D eigenvalue weighted by molar-refractivity contribution is -0.125. The number of rotatable bonds is 3. The number of amides is 1. The van der Waals surface area contributed by atoms with Crippen LogP contribution in [0.5, 0.6) is 0 Å². The van der Waals surface area contributed by atoms with Crippen molar-refractivity contribution in [2.45, 2.75) is 26.4 Å². The minimum atomic E-state index is -0.541. The van der Waals surface area contributed by atoms with Crippen LogP contribution in [0, 0.1) is 5.41 Å². The highest BCUT2D eigenvalue weighted by molar-refractivity contribution is 6.33. The maximum absolute atomic E-state index is 11.5. The van der Waals surface area contributed by atoms with E-state index in [9.17, 15) is 9.90 Å². The molecule has 1 fully saturated rings. The maximum atomic E-state index is 11.5. The van der Waals surface area contributed by atoms with Gasteiger partial charge in [0, 0.05) is 13.1 Å². The molecule has 1 heterocycles. The number of aliphatic hydroxyl groups is 1. The van der Waals surface area contributed by atoms with Crippen LogP contribution in [0.2, 0.25) is 5.02 Å². The Balaban J connectivity index is 2.23. The van der Waals surface area contributed by atoms with Crippen LogP contribution in [-0.2, 0) is 4.79 Å². The van der Waals surface area contributed by atoms with Crippen LogP contribution < -0.4 is 10.6 Å². The van der Waals surface area contributed by atoms with Gasteiger partial charge in [0.2, 0.25) is 5.91 Å². The Hall–Kier alpha value is -1.26. The zero-order valence-corrected chi connectivity index (χ0v) is 11.9. The van der Waals surface area contributed by atoms with Crippen molar-refractivity contribution in [1.82, 2.24) is 0 Å². The first-order valence-corrected chi connectivity index (χ1v) is 6.74. The molecule has 1 saturated heterocycles. The van der Waals surface area contributed by atoms with Crippen molar-refractivity contribution < 1.29 is 9.90 Å². The fourth-order valence-corrected chi connectivity index (χ4v) is 2.72. The molecule has 2 rings (SSSR count). The van der Waals surface area contributed by atoms with Crippen LogP contribution in [0.1, 0.15) is 31.9 Å². The number of benzene rings is 1. The summed E-state index contributed by atoms with van der Waals surface area (Å²) in [5, 5.41) is 10.1. The minimum Gasteiger partial charge on any atom is -0.389 e. The molecule has 5 heteroatoms. The Morgan fingerprint density at radius 1 is 1.58 bits per heavy atom. The number of aliphatic hydroxyl groups excluding tert-OH is 1. The van der Waals surface area contributed by atoms with Crippen molar-refractivity contribution in [3.8, 4) is 0 Å². The number of carbonyl (C=O) groups is 1. The van der Waals surface area contributed by atoms with Gasteiger partial charge < -0.3 is 15.7 Å². The Morgan fingerprint density at radius 3 is 2.74 bits per heavy atom. The van der Waals surface area contributed by atoms with Gasteiger partial charge in [0.1, 0.15) is 0 Å². The van der Waals surface area contributed by atoms with E-state index in [1.165, 1.54) is 0 Å². The van der Waals surface area contributed by atoms with E-state index in [2.05, 4.69) is 4.90 Å². The molecule has 1 aromatic carbocycles. The summed E-state index contributed by atoms with van der Waals surface area (Å²) < 4.78 is 0. The Morgan fingerprint density at radius 2 is 2.26 bits per heavy atom. The van der Waals surface area contributed by atoms with Gasteiger partial charge in [-0.25, -0.2) is 0 Å². The third kappa shape index (κ3) is 2.69. The van der Waals surface area contributed by atoms with E-state index in [4.69, 9.17) is 17.3 Å². The van der Waals surface area contributed by atoms with Crippen LogP contribution in [0.15, 0.2) is 18.2 Å². The predicted molar refractivity (Wildman–Crippen MR) is 76.2 cm³/mol. The van der Waals surface area contributed by atoms with Crippen molar-refractivity contribution in [2.75, 3.05) is 18.0 Å². The first-order chi connectivity index (χ1) is 8.83. The summed E-state index contributed by atoms with van der Waals surface area (Å²) in [4.78, 5) is 13.5. The number of halogens is 1. The first kappa shape index (κ1) is 14.2. The quantitative estimate of drug-likeness (QED) is 0.892. The van der Waals surface area contributed by atoms with Gasteiger partial charge in [-0.3, -0.25) is 4.79 Å². The Kier molecular flexibility index (Phi) is 3.74. The molecule has 19 heavy (non-hydrogen) atoms. The zero-order valence-electron chi connectivity index (χ0n) is 11.2. The van der Waals surface area contributed by atoms with Crippen molar-refractivity contribution >= 4 is 23.2 Å². The third-order valence-corrected chi connectivity index (χ3v) is 4.17. The molecule has 3 N–H and O–H groups in total. The van der Waals surface area contributed by atoms with E-state index in [0.29, 0.717) is 11.6 Å². The summed E-state index contributed by atoms with van der Waals surface area (Å²) in [5.74, 6) is -0.272. The van der Waals surface area contributed by atoms with E-state index in [-0.39, 0.29) is 5.91 Å². The summed E-state index contributed by atoms with van der Waals surface area (Å²) >= 11 is 6.26. The molecular formula is C14H19ClN2O2. The van der Waals surface area contributed by atoms with E-state index < -0.39 is 11.5 Å². The van der Waals surface area contributed by atoms with Gasteiger partial charge in [-0.2, -0.15) is 0 Å². The molecule has 0 aromatic heterocycles. The van der Waals surface area contributed by atoms with Crippen LogP contribution in [0.3, 0.4) is 0 Å². The molecule has 1 aliphatic rings. The highest BCUT2D eigenvalue weighted by Crippen LogP contribution is 2.37. The van der Waals surface area contributed by atoms with E-state index in [1.807, 2.05) is 19.1 Å². The molecule has 0 aliphatic carbocycles. The SMILES string of the molecule is C[C@@H](O)c1ccc(N2CCC(C)(C(N)=O)C2)c(Cl)c1. The number of carbonyl (C=O) groups excluding carboxylic acids is 1. The normalized spacial score (nSPS) is 24.5. The second-order valence-corrected chi connectivity index (χ2v) is 5.89.